The molecule has 1 N–H and O–H groups in total. The zero-order valence-electron chi connectivity index (χ0n) is 21.1. The Kier molecular flexibility index (Phi) is 8.27. The number of carbonyl (C=O) groups excluding carboxylic acids is 3. The van der Waals surface area contributed by atoms with E-state index >= 15 is 0 Å². The van der Waals surface area contributed by atoms with Gasteiger partial charge >= 0.3 is 12.1 Å². The van der Waals surface area contributed by atoms with Gasteiger partial charge in [0.05, 0.1) is 37.4 Å². The van der Waals surface area contributed by atoms with E-state index in [1.807, 2.05) is 20.8 Å². The van der Waals surface area contributed by atoms with Crippen LogP contribution >= 0.6 is 0 Å². The number of pyridine rings is 1. The van der Waals surface area contributed by atoms with E-state index < -0.39 is 29.2 Å². The number of piperidine rings is 1. The highest BCUT2D eigenvalue weighted by Gasteiger charge is 2.46. The number of alkyl carbamates (subject to hydrolysis) is 1. The number of hydrogen-bond donors (Lipinski definition) is 1. The fourth-order valence-corrected chi connectivity index (χ4v) is 4.40. The number of esters is 1. The summed E-state index contributed by atoms with van der Waals surface area (Å²) in [6.45, 7) is 6.28. The number of aromatic nitrogens is 1. The maximum Gasteiger partial charge on any atom is 0.407 e. The Morgan fingerprint density at radius 2 is 1.81 bits per heavy atom. The lowest BCUT2D eigenvalue weighted by Crippen LogP contribution is -2.65. The van der Waals surface area contributed by atoms with Gasteiger partial charge in [-0.1, -0.05) is 20.8 Å². The number of anilines is 1. The summed E-state index contributed by atoms with van der Waals surface area (Å²) in [5, 5.41) is 2.76. The SMILES string of the molecule is COC(=O)NC1(C(=O)C(C)C(C)C)CCCN(c2cnc(-c3ccc(F)c(F)c3)cc2C(=O)OC)C1. The van der Waals surface area contributed by atoms with Crippen LogP contribution in [0, 0.1) is 23.5 Å². The molecule has 0 radical (unpaired) electrons. The average molecular weight is 504 g/mol. The lowest BCUT2D eigenvalue weighted by Gasteiger charge is -2.44. The molecule has 36 heavy (non-hydrogen) atoms. The highest BCUT2D eigenvalue weighted by molar-refractivity contribution is 5.98. The number of ether oxygens (including phenoxy) is 2. The molecule has 10 heteroatoms. The predicted molar refractivity (Wildman–Crippen MR) is 130 cm³/mol. The smallest absolute Gasteiger partial charge is 0.407 e. The van der Waals surface area contributed by atoms with Gasteiger partial charge in [0.1, 0.15) is 5.54 Å². The minimum absolute atomic E-state index is 0.0480. The molecule has 2 aromatic rings. The summed E-state index contributed by atoms with van der Waals surface area (Å²) < 4.78 is 37.0. The Bertz CT molecular complexity index is 1160. The van der Waals surface area contributed by atoms with E-state index in [1.165, 1.54) is 32.5 Å². The molecule has 1 aliphatic rings. The van der Waals surface area contributed by atoms with Crippen molar-refractivity contribution in [3.8, 4) is 11.3 Å². The maximum atomic E-state index is 13.8. The van der Waals surface area contributed by atoms with Crippen LogP contribution in [0.25, 0.3) is 11.3 Å². The number of amides is 1. The third-order valence-corrected chi connectivity index (χ3v) is 6.75. The second kappa shape index (κ2) is 11.0. The third-order valence-electron chi connectivity index (χ3n) is 6.75. The molecule has 1 fully saturated rings. The Morgan fingerprint density at radius 1 is 1.08 bits per heavy atom. The number of rotatable bonds is 7. The lowest BCUT2D eigenvalue weighted by molar-refractivity contribution is -0.130. The quantitative estimate of drug-likeness (QED) is 0.561. The molecular formula is C26H31F2N3O5. The highest BCUT2D eigenvalue weighted by Crippen LogP contribution is 2.34. The molecule has 0 bridgehead atoms. The monoisotopic (exact) mass is 503 g/mol. The van der Waals surface area contributed by atoms with Gasteiger partial charge in [-0.3, -0.25) is 9.78 Å². The minimum atomic E-state index is -1.23. The number of Topliss-reactive ketones (excluding diaryl/α,β-unsaturated/α-hetero) is 1. The summed E-state index contributed by atoms with van der Waals surface area (Å²) in [4.78, 5) is 44.7. The molecule has 0 aliphatic carbocycles. The molecule has 2 unspecified atom stereocenters. The summed E-state index contributed by atoms with van der Waals surface area (Å²) in [7, 11) is 2.47. The van der Waals surface area contributed by atoms with Gasteiger partial charge in [0.2, 0.25) is 0 Å². The molecule has 8 nitrogen and oxygen atoms in total. The number of hydrogen-bond acceptors (Lipinski definition) is 7. The predicted octanol–water partition coefficient (Wildman–Crippen LogP) is 4.37. The first-order valence-corrected chi connectivity index (χ1v) is 11.7. The van der Waals surface area contributed by atoms with Crippen molar-refractivity contribution < 1.29 is 32.6 Å². The Labute approximate surface area is 209 Å². The topological polar surface area (TPSA) is 97.8 Å². The number of ketones is 1. The van der Waals surface area contributed by atoms with E-state index in [9.17, 15) is 23.2 Å². The molecule has 3 rings (SSSR count). The van der Waals surface area contributed by atoms with E-state index in [-0.39, 0.29) is 41.0 Å². The van der Waals surface area contributed by atoms with Crippen LogP contribution in [0.2, 0.25) is 0 Å². The molecule has 1 aromatic heterocycles. The fourth-order valence-electron chi connectivity index (χ4n) is 4.40. The second-order valence-corrected chi connectivity index (χ2v) is 9.33. The highest BCUT2D eigenvalue weighted by atomic mass is 19.2. The van der Waals surface area contributed by atoms with E-state index in [0.717, 1.165) is 12.1 Å². The first-order valence-electron chi connectivity index (χ1n) is 11.7. The van der Waals surface area contributed by atoms with Crippen LogP contribution in [0.15, 0.2) is 30.5 Å². The first kappa shape index (κ1) is 27.0. The zero-order valence-corrected chi connectivity index (χ0v) is 21.1. The largest absolute Gasteiger partial charge is 0.465 e. The summed E-state index contributed by atoms with van der Waals surface area (Å²) in [6, 6.07) is 4.78. The number of carbonyl (C=O) groups is 3. The molecular weight excluding hydrogens is 472 g/mol. The van der Waals surface area contributed by atoms with E-state index in [4.69, 9.17) is 9.47 Å². The van der Waals surface area contributed by atoms with Crippen molar-refractivity contribution >= 4 is 23.5 Å². The van der Waals surface area contributed by atoms with Gasteiger partial charge < -0.3 is 19.7 Å². The maximum absolute atomic E-state index is 13.8. The molecule has 0 spiro atoms. The van der Waals surface area contributed by atoms with Gasteiger partial charge in [-0.25, -0.2) is 18.4 Å². The number of nitrogens with one attached hydrogen (secondary N) is 1. The molecule has 1 amide bonds. The van der Waals surface area contributed by atoms with Gasteiger partial charge in [-0.2, -0.15) is 0 Å². The van der Waals surface area contributed by atoms with Crippen molar-refractivity contribution in [2.45, 2.75) is 39.2 Å². The van der Waals surface area contributed by atoms with Gasteiger partial charge in [-0.15, -0.1) is 0 Å². The third kappa shape index (κ3) is 5.47. The molecule has 2 heterocycles. The average Bonchev–Trinajstić information content (AvgIpc) is 2.88. The van der Waals surface area contributed by atoms with Crippen LogP contribution in [0.4, 0.5) is 19.3 Å². The summed E-state index contributed by atoms with van der Waals surface area (Å²) >= 11 is 0. The molecule has 1 saturated heterocycles. The first-order chi connectivity index (χ1) is 17.0. The van der Waals surface area contributed by atoms with Crippen LogP contribution in [0.3, 0.4) is 0 Å². The fraction of sp³-hybridized carbons (Fsp3) is 0.462. The normalized spacial score (nSPS) is 18.5. The van der Waals surface area contributed by atoms with Gasteiger partial charge in [-0.05, 0) is 43.0 Å². The zero-order chi connectivity index (χ0) is 26.6. The lowest BCUT2D eigenvalue weighted by atomic mass is 9.76. The van der Waals surface area contributed by atoms with Crippen molar-refractivity contribution in [2.24, 2.45) is 11.8 Å². The summed E-state index contributed by atoms with van der Waals surface area (Å²) in [5.41, 5.74) is -0.161. The van der Waals surface area contributed by atoms with Crippen molar-refractivity contribution in [1.82, 2.24) is 10.3 Å². The number of halogens is 2. The van der Waals surface area contributed by atoms with Crippen LogP contribution in [0.5, 0.6) is 0 Å². The molecule has 194 valence electrons. The second-order valence-electron chi connectivity index (χ2n) is 9.33. The number of methoxy groups -OCH3 is 2. The summed E-state index contributed by atoms with van der Waals surface area (Å²) in [6.07, 6.45) is 1.67. The molecule has 1 aliphatic heterocycles. The summed E-state index contributed by atoms with van der Waals surface area (Å²) in [5.74, 6) is -3.10. The van der Waals surface area contributed by atoms with E-state index in [2.05, 4.69) is 10.3 Å². The number of benzene rings is 1. The molecule has 2 atom stereocenters. The molecule has 0 saturated carbocycles. The minimum Gasteiger partial charge on any atom is -0.465 e. The standard InChI is InChI=1S/C26H31F2N3O5/c1-15(2)16(3)23(32)26(30-25(34)36-5)9-6-10-31(14-26)22-13-29-21(12-18(22)24(33)35-4)17-7-8-19(27)20(28)11-17/h7-8,11-13,15-16H,6,9-10,14H2,1-5H3,(H,30,34). The van der Waals surface area contributed by atoms with Crippen LogP contribution in [-0.4, -0.2) is 55.7 Å². The van der Waals surface area contributed by atoms with E-state index in [0.29, 0.717) is 25.1 Å². The van der Waals surface area contributed by atoms with Crippen LogP contribution in [-0.2, 0) is 14.3 Å². The van der Waals surface area contributed by atoms with Crippen molar-refractivity contribution in [2.75, 3.05) is 32.2 Å². The van der Waals surface area contributed by atoms with Crippen LogP contribution in [0.1, 0.15) is 44.0 Å². The van der Waals surface area contributed by atoms with Gasteiger partial charge in [0, 0.05) is 24.6 Å². The molecule has 1 aromatic carbocycles. The van der Waals surface area contributed by atoms with Gasteiger partial charge in [0.25, 0.3) is 0 Å². The Hall–Kier alpha value is -3.56. The van der Waals surface area contributed by atoms with Gasteiger partial charge in [0.15, 0.2) is 17.4 Å². The van der Waals surface area contributed by atoms with Crippen molar-refractivity contribution in [1.29, 1.82) is 0 Å². The number of nitrogens with zero attached hydrogens (tertiary/aromatic N) is 2. The van der Waals surface area contributed by atoms with E-state index in [1.54, 1.807) is 4.90 Å². The van der Waals surface area contributed by atoms with Crippen molar-refractivity contribution in [3.05, 3.63) is 47.7 Å². The Morgan fingerprint density at radius 3 is 2.42 bits per heavy atom. The van der Waals surface area contributed by atoms with Crippen molar-refractivity contribution in [3.63, 3.8) is 0 Å². The van der Waals surface area contributed by atoms with Crippen LogP contribution < -0.4 is 10.2 Å². The Balaban J connectivity index is 2.05.